The Bertz CT molecular complexity index is 326. The molecular weight excluding hydrogens is 214 g/mol. The molecule has 96 valence electrons. The van der Waals surface area contributed by atoms with E-state index in [9.17, 15) is 0 Å². The van der Waals surface area contributed by atoms with Gasteiger partial charge in [-0.1, -0.05) is 19.1 Å². The molecule has 0 amide bonds. The van der Waals surface area contributed by atoms with E-state index < -0.39 is 0 Å². The highest BCUT2D eigenvalue weighted by atomic mass is 16.5. The molecule has 1 aromatic carbocycles. The van der Waals surface area contributed by atoms with Crippen LogP contribution in [0, 0.1) is 6.92 Å². The lowest BCUT2D eigenvalue weighted by Crippen LogP contribution is -2.19. The molecule has 0 fully saturated rings. The van der Waals surface area contributed by atoms with E-state index in [1.807, 2.05) is 6.07 Å². The van der Waals surface area contributed by atoms with Crippen molar-refractivity contribution in [2.75, 3.05) is 33.4 Å². The van der Waals surface area contributed by atoms with Gasteiger partial charge >= 0.3 is 0 Å². The summed E-state index contributed by atoms with van der Waals surface area (Å²) in [6.45, 7) is 7.65. The fourth-order valence-corrected chi connectivity index (χ4v) is 1.71. The van der Waals surface area contributed by atoms with Crippen molar-refractivity contribution in [1.82, 2.24) is 5.32 Å². The second-order valence-corrected chi connectivity index (χ2v) is 4.02. The number of hydrogen-bond donors (Lipinski definition) is 1. The van der Waals surface area contributed by atoms with Crippen molar-refractivity contribution in [3.05, 3.63) is 29.3 Å². The monoisotopic (exact) mass is 237 g/mol. The van der Waals surface area contributed by atoms with Crippen LogP contribution in [0.3, 0.4) is 0 Å². The van der Waals surface area contributed by atoms with E-state index in [1.165, 1.54) is 11.1 Å². The van der Waals surface area contributed by atoms with Crippen molar-refractivity contribution in [3.63, 3.8) is 0 Å². The van der Waals surface area contributed by atoms with Crippen LogP contribution in [-0.4, -0.2) is 33.4 Å². The maximum Gasteiger partial charge on any atom is 0.121 e. The van der Waals surface area contributed by atoms with E-state index in [1.54, 1.807) is 7.11 Å². The SMILES string of the molecule is CCNCCOCCc1ccc(OC)c(C)c1. The van der Waals surface area contributed by atoms with Crippen molar-refractivity contribution in [3.8, 4) is 5.75 Å². The zero-order valence-electron chi connectivity index (χ0n) is 11.1. The van der Waals surface area contributed by atoms with Gasteiger partial charge in [-0.05, 0) is 37.1 Å². The minimum atomic E-state index is 0.775. The second-order valence-electron chi connectivity index (χ2n) is 4.02. The highest BCUT2D eigenvalue weighted by Gasteiger charge is 1.99. The van der Waals surface area contributed by atoms with Gasteiger partial charge in [0.25, 0.3) is 0 Å². The van der Waals surface area contributed by atoms with Crippen LogP contribution >= 0.6 is 0 Å². The first-order valence-electron chi connectivity index (χ1n) is 6.20. The predicted octanol–water partition coefficient (Wildman–Crippen LogP) is 2.17. The molecule has 1 N–H and O–H groups in total. The fraction of sp³-hybridized carbons (Fsp3) is 0.571. The molecule has 0 aliphatic carbocycles. The molecule has 0 radical (unpaired) electrons. The van der Waals surface area contributed by atoms with Crippen molar-refractivity contribution < 1.29 is 9.47 Å². The van der Waals surface area contributed by atoms with Gasteiger partial charge in [0, 0.05) is 6.54 Å². The van der Waals surface area contributed by atoms with Crippen molar-refractivity contribution in [2.45, 2.75) is 20.3 Å². The largest absolute Gasteiger partial charge is 0.496 e. The number of aryl methyl sites for hydroxylation is 1. The molecular formula is C14H23NO2. The quantitative estimate of drug-likeness (QED) is 0.703. The lowest BCUT2D eigenvalue weighted by molar-refractivity contribution is 0.139. The molecule has 1 rings (SSSR count). The molecule has 17 heavy (non-hydrogen) atoms. The molecule has 0 heterocycles. The summed E-state index contributed by atoms with van der Waals surface area (Å²) in [7, 11) is 1.70. The number of benzene rings is 1. The van der Waals surface area contributed by atoms with E-state index in [2.05, 4.69) is 31.3 Å². The van der Waals surface area contributed by atoms with Crippen molar-refractivity contribution in [1.29, 1.82) is 0 Å². The molecule has 3 heteroatoms. The Balaban J connectivity index is 2.25. The molecule has 1 aromatic rings. The van der Waals surface area contributed by atoms with Crippen LogP contribution in [0.15, 0.2) is 18.2 Å². The number of hydrogen-bond acceptors (Lipinski definition) is 3. The Kier molecular flexibility index (Phi) is 6.67. The van der Waals surface area contributed by atoms with Crippen LogP contribution in [0.1, 0.15) is 18.1 Å². The van der Waals surface area contributed by atoms with Gasteiger partial charge in [-0.25, -0.2) is 0 Å². The molecule has 0 unspecified atom stereocenters. The van der Waals surface area contributed by atoms with Gasteiger partial charge in [-0.2, -0.15) is 0 Å². The lowest BCUT2D eigenvalue weighted by Gasteiger charge is -2.08. The Morgan fingerprint density at radius 3 is 2.71 bits per heavy atom. The summed E-state index contributed by atoms with van der Waals surface area (Å²) in [6, 6.07) is 6.27. The van der Waals surface area contributed by atoms with Gasteiger partial charge < -0.3 is 14.8 Å². The number of ether oxygens (including phenoxy) is 2. The standard InChI is InChI=1S/C14H23NO2/c1-4-15-8-10-17-9-7-13-5-6-14(16-3)12(2)11-13/h5-6,11,15H,4,7-10H2,1-3H3. The zero-order chi connectivity index (χ0) is 12.5. The Morgan fingerprint density at radius 2 is 2.06 bits per heavy atom. The summed E-state index contributed by atoms with van der Waals surface area (Å²) in [4.78, 5) is 0. The summed E-state index contributed by atoms with van der Waals surface area (Å²) in [5, 5.41) is 3.23. The molecule has 3 nitrogen and oxygen atoms in total. The van der Waals surface area contributed by atoms with Gasteiger partial charge in [0.05, 0.1) is 20.3 Å². The highest BCUT2D eigenvalue weighted by Crippen LogP contribution is 2.18. The average Bonchev–Trinajstić information content (AvgIpc) is 2.34. The minimum absolute atomic E-state index is 0.775. The zero-order valence-corrected chi connectivity index (χ0v) is 11.1. The van der Waals surface area contributed by atoms with E-state index >= 15 is 0 Å². The smallest absolute Gasteiger partial charge is 0.121 e. The third kappa shape index (κ3) is 5.20. The molecule has 0 aliphatic heterocycles. The normalized spacial score (nSPS) is 10.5. The summed E-state index contributed by atoms with van der Waals surface area (Å²) in [5.74, 6) is 0.946. The molecule has 0 aromatic heterocycles. The van der Waals surface area contributed by atoms with Crippen LogP contribution in [0.25, 0.3) is 0 Å². The highest BCUT2D eigenvalue weighted by molar-refractivity contribution is 5.36. The number of likely N-dealkylation sites (N-methyl/N-ethyl adjacent to an activating group) is 1. The van der Waals surface area contributed by atoms with Gasteiger partial charge in [-0.15, -0.1) is 0 Å². The maximum absolute atomic E-state index is 5.54. The summed E-state index contributed by atoms with van der Waals surface area (Å²) >= 11 is 0. The van der Waals surface area contributed by atoms with Gasteiger partial charge in [0.15, 0.2) is 0 Å². The second kappa shape index (κ2) is 8.09. The van der Waals surface area contributed by atoms with Crippen LogP contribution in [0.2, 0.25) is 0 Å². The van der Waals surface area contributed by atoms with Crippen LogP contribution in [-0.2, 0) is 11.2 Å². The summed E-state index contributed by atoms with van der Waals surface area (Å²) in [6.07, 6.45) is 0.955. The molecule has 0 atom stereocenters. The van der Waals surface area contributed by atoms with E-state index in [0.717, 1.165) is 38.5 Å². The molecule has 0 saturated carbocycles. The molecule has 0 aliphatic rings. The average molecular weight is 237 g/mol. The van der Waals surface area contributed by atoms with Gasteiger partial charge in [0.1, 0.15) is 5.75 Å². The first-order valence-corrected chi connectivity index (χ1v) is 6.20. The third-order valence-electron chi connectivity index (χ3n) is 2.67. The topological polar surface area (TPSA) is 30.5 Å². The molecule has 0 saturated heterocycles. The van der Waals surface area contributed by atoms with Crippen LogP contribution < -0.4 is 10.1 Å². The Hall–Kier alpha value is -1.06. The number of nitrogens with one attached hydrogen (secondary N) is 1. The van der Waals surface area contributed by atoms with Gasteiger partial charge in [0.2, 0.25) is 0 Å². The predicted molar refractivity (Wildman–Crippen MR) is 70.8 cm³/mol. The summed E-state index contributed by atoms with van der Waals surface area (Å²) in [5.41, 5.74) is 2.48. The first-order chi connectivity index (χ1) is 8.27. The molecule has 0 spiro atoms. The third-order valence-corrected chi connectivity index (χ3v) is 2.67. The lowest BCUT2D eigenvalue weighted by atomic mass is 10.1. The Morgan fingerprint density at radius 1 is 1.24 bits per heavy atom. The van der Waals surface area contributed by atoms with Crippen LogP contribution in [0.4, 0.5) is 0 Å². The van der Waals surface area contributed by atoms with E-state index in [0.29, 0.717) is 0 Å². The van der Waals surface area contributed by atoms with Gasteiger partial charge in [-0.3, -0.25) is 0 Å². The van der Waals surface area contributed by atoms with Crippen molar-refractivity contribution >= 4 is 0 Å². The number of rotatable bonds is 8. The molecule has 0 bridgehead atoms. The summed E-state index contributed by atoms with van der Waals surface area (Å²) < 4.78 is 10.8. The van der Waals surface area contributed by atoms with Crippen LogP contribution in [0.5, 0.6) is 5.75 Å². The Labute approximate surface area is 104 Å². The van der Waals surface area contributed by atoms with E-state index in [4.69, 9.17) is 9.47 Å². The van der Waals surface area contributed by atoms with Crippen molar-refractivity contribution in [2.24, 2.45) is 0 Å². The minimum Gasteiger partial charge on any atom is -0.496 e. The first kappa shape index (κ1) is 14.0. The number of methoxy groups -OCH3 is 1. The maximum atomic E-state index is 5.54. The fourth-order valence-electron chi connectivity index (χ4n) is 1.71. The van der Waals surface area contributed by atoms with E-state index in [-0.39, 0.29) is 0 Å².